The van der Waals surface area contributed by atoms with Gasteiger partial charge in [-0.05, 0) is 49.8 Å². The predicted octanol–water partition coefficient (Wildman–Crippen LogP) is 3.81. The molecule has 1 N–H and O–H groups in total. The van der Waals surface area contributed by atoms with Crippen LogP contribution in [0.4, 0.5) is 10.1 Å². The quantitative estimate of drug-likeness (QED) is 0.778. The molecule has 0 aromatic heterocycles. The SMILES string of the molecule is CCN(CC1CC1)c1c(F)cccc1CNCC(C)C. The van der Waals surface area contributed by atoms with Gasteiger partial charge in [0.25, 0.3) is 0 Å². The van der Waals surface area contributed by atoms with Gasteiger partial charge in [-0.2, -0.15) is 0 Å². The first-order valence-electron chi connectivity index (χ1n) is 7.84. The molecule has 1 aliphatic carbocycles. The van der Waals surface area contributed by atoms with E-state index in [9.17, 15) is 4.39 Å². The maximum atomic E-state index is 14.3. The van der Waals surface area contributed by atoms with Crippen molar-refractivity contribution < 1.29 is 4.39 Å². The van der Waals surface area contributed by atoms with Gasteiger partial charge in [0, 0.05) is 19.6 Å². The minimum Gasteiger partial charge on any atom is -0.369 e. The van der Waals surface area contributed by atoms with Crippen LogP contribution in [-0.4, -0.2) is 19.6 Å². The van der Waals surface area contributed by atoms with Crippen LogP contribution in [0.15, 0.2) is 18.2 Å². The number of rotatable bonds is 8. The fraction of sp³-hybridized carbons (Fsp3) is 0.647. The Bertz CT molecular complexity index is 427. The van der Waals surface area contributed by atoms with E-state index >= 15 is 0 Å². The third-order valence-electron chi connectivity index (χ3n) is 3.81. The zero-order valence-corrected chi connectivity index (χ0v) is 13.0. The van der Waals surface area contributed by atoms with Gasteiger partial charge in [0.05, 0.1) is 5.69 Å². The van der Waals surface area contributed by atoms with E-state index in [-0.39, 0.29) is 5.82 Å². The van der Waals surface area contributed by atoms with Crippen molar-refractivity contribution in [2.24, 2.45) is 11.8 Å². The van der Waals surface area contributed by atoms with Gasteiger partial charge in [0.2, 0.25) is 0 Å². The molecule has 0 radical (unpaired) electrons. The summed E-state index contributed by atoms with van der Waals surface area (Å²) in [4.78, 5) is 2.21. The lowest BCUT2D eigenvalue weighted by atomic mass is 10.1. The summed E-state index contributed by atoms with van der Waals surface area (Å²) in [6.07, 6.45) is 2.60. The zero-order valence-electron chi connectivity index (χ0n) is 13.0. The Balaban J connectivity index is 2.11. The second kappa shape index (κ2) is 7.07. The van der Waals surface area contributed by atoms with E-state index in [1.807, 2.05) is 12.1 Å². The normalized spacial score (nSPS) is 14.8. The van der Waals surface area contributed by atoms with Crippen LogP contribution in [0.5, 0.6) is 0 Å². The maximum absolute atomic E-state index is 14.3. The molecule has 0 spiro atoms. The first-order chi connectivity index (χ1) is 9.61. The Kier molecular flexibility index (Phi) is 5.41. The van der Waals surface area contributed by atoms with Crippen molar-refractivity contribution in [2.45, 2.75) is 40.2 Å². The van der Waals surface area contributed by atoms with Crippen LogP contribution in [0.3, 0.4) is 0 Å². The van der Waals surface area contributed by atoms with Gasteiger partial charge in [-0.25, -0.2) is 4.39 Å². The Morgan fingerprint density at radius 2 is 2.10 bits per heavy atom. The van der Waals surface area contributed by atoms with Crippen LogP contribution in [-0.2, 0) is 6.54 Å². The number of nitrogens with zero attached hydrogens (tertiary/aromatic N) is 1. The minimum absolute atomic E-state index is 0.0867. The highest BCUT2D eigenvalue weighted by atomic mass is 19.1. The number of anilines is 1. The van der Waals surface area contributed by atoms with Crippen LogP contribution < -0.4 is 10.2 Å². The molecule has 0 bridgehead atoms. The van der Waals surface area contributed by atoms with Gasteiger partial charge in [0.15, 0.2) is 0 Å². The molecule has 0 unspecified atom stereocenters. The van der Waals surface area contributed by atoms with Gasteiger partial charge in [-0.3, -0.25) is 0 Å². The Morgan fingerprint density at radius 3 is 2.70 bits per heavy atom. The standard InChI is InChI=1S/C17H27FN2/c1-4-20(12-14-8-9-14)17-15(6-5-7-16(17)18)11-19-10-13(2)3/h5-7,13-14,19H,4,8-12H2,1-3H3. The smallest absolute Gasteiger partial charge is 0.146 e. The molecule has 0 heterocycles. The summed E-state index contributed by atoms with van der Waals surface area (Å²) in [5.74, 6) is 1.29. The molecule has 1 aliphatic rings. The molecular weight excluding hydrogens is 251 g/mol. The molecule has 1 aromatic rings. The van der Waals surface area contributed by atoms with Crippen LogP contribution in [0.2, 0.25) is 0 Å². The molecule has 2 rings (SSSR count). The van der Waals surface area contributed by atoms with E-state index in [0.29, 0.717) is 5.92 Å². The molecule has 0 aliphatic heterocycles. The average Bonchev–Trinajstić information content (AvgIpc) is 3.20. The van der Waals surface area contributed by atoms with Crippen molar-refractivity contribution in [3.05, 3.63) is 29.6 Å². The zero-order chi connectivity index (χ0) is 14.5. The Labute approximate surface area is 122 Å². The molecule has 112 valence electrons. The van der Waals surface area contributed by atoms with Crippen LogP contribution in [0.1, 0.15) is 39.2 Å². The van der Waals surface area contributed by atoms with Gasteiger partial charge in [0.1, 0.15) is 5.82 Å². The number of hydrogen-bond donors (Lipinski definition) is 1. The van der Waals surface area contributed by atoms with Crippen LogP contribution >= 0.6 is 0 Å². The van der Waals surface area contributed by atoms with E-state index < -0.39 is 0 Å². The summed E-state index contributed by atoms with van der Waals surface area (Å²) < 4.78 is 14.3. The number of benzene rings is 1. The molecule has 0 amide bonds. The van der Waals surface area contributed by atoms with E-state index in [2.05, 4.69) is 31.0 Å². The van der Waals surface area contributed by atoms with E-state index in [1.54, 1.807) is 6.07 Å². The molecule has 1 aromatic carbocycles. The molecular formula is C17H27FN2. The fourth-order valence-electron chi connectivity index (χ4n) is 2.54. The second-order valence-electron chi connectivity index (χ2n) is 6.25. The summed E-state index contributed by atoms with van der Waals surface area (Å²) >= 11 is 0. The van der Waals surface area contributed by atoms with Gasteiger partial charge in [-0.1, -0.05) is 26.0 Å². The summed E-state index contributed by atoms with van der Waals surface area (Å²) in [7, 11) is 0. The molecule has 0 saturated heterocycles. The number of hydrogen-bond acceptors (Lipinski definition) is 2. The highest BCUT2D eigenvalue weighted by Gasteiger charge is 2.26. The highest BCUT2D eigenvalue weighted by Crippen LogP contribution is 2.33. The minimum atomic E-state index is -0.0867. The molecule has 3 heteroatoms. The Morgan fingerprint density at radius 1 is 1.35 bits per heavy atom. The summed E-state index contributed by atoms with van der Waals surface area (Å²) in [5, 5.41) is 3.42. The predicted molar refractivity (Wildman–Crippen MR) is 83.6 cm³/mol. The molecule has 1 fully saturated rings. The van der Waals surface area contributed by atoms with Crippen LogP contribution in [0, 0.1) is 17.7 Å². The van der Waals surface area contributed by atoms with Crippen LogP contribution in [0.25, 0.3) is 0 Å². The fourth-order valence-corrected chi connectivity index (χ4v) is 2.54. The summed E-state index contributed by atoms with van der Waals surface area (Å²) in [6, 6.07) is 5.44. The van der Waals surface area contributed by atoms with Crippen molar-refractivity contribution in [3.8, 4) is 0 Å². The van der Waals surface area contributed by atoms with Crippen molar-refractivity contribution in [1.82, 2.24) is 5.32 Å². The van der Waals surface area contributed by atoms with E-state index in [4.69, 9.17) is 0 Å². The molecule has 20 heavy (non-hydrogen) atoms. The monoisotopic (exact) mass is 278 g/mol. The van der Waals surface area contributed by atoms with E-state index in [1.165, 1.54) is 12.8 Å². The first-order valence-corrected chi connectivity index (χ1v) is 7.84. The topological polar surface area (TPSA) is 15.3 Å². The maximum Gasteiger partial charge on any atom is 0.146 e. The molecule has 2 nitrogen and oxygen atoms in total. The third-order valence-corrected chi connectivity index (χ3v) is 3.81. The van der Waals surface area contributed by atoms with Gasteiger partial charge in [-0.15, -0.1) is 0 Å². The first kappa shape index (κ1) is 15.3. The molecule has 0 atom stereocenters. The Hall–Kier alpha value is -1.09. The van der Waals surface area contributed by atoms with Crippen molar-refractivity contribution >= 4 is 5.69 Å². The third kappa shape index (κ3) is 4.20. The number of halogens is 1. The lowest BCUT2D eigenvalue weighted by Gasteiger charge is -2.26. The van der Waals surface area contributed by atoms with Crippen molar-refractivity contribution in [3.63, 3.8) is 0 Å². The van der Waals surface area contributed by atoms with Crippen molar-refractivity contribution in [1.29, 1.82) is 0 Å². The summed E-state index contributed by atoms with van der Waals surface area (Å²) in [5.41, 5.74) is 1.88. The van der Waals surface area contributed by atoms with E-state index in [0.717, 1.165) is 43.3 Å². The average molecular weight is 278 g/mol. The lowest BCUT2D eigenvalue weighted by molar-refractivity contribution is 0.548. The van der Waals surface area contributed by atoms with Gasteiger partial charge >= 0.3 is 0 Å². The number of nitrogens with one attached hydrogen (secondary N) is 1. The second-order valence-corrected chi connectivity index (χ2v) is 6.25. The summed E-state index contributed by atoms with van der Waals surface area (Å²) in [6.45, 7) is 10.1. The van der Waals surface area contributed by atoms with Crippen molar-refractivity contribution in [2.75, 3.05) is 24.5 Å². The largest absolute Gasteiger partial charge is 0.369 e. The lowest BCUT2D eigenvalue weighted by Crippen LogP contribution is -2.29. The number of para-hydroxylation sites is 1. The van der Waals surface area contributed by atoms with Gasteiger partial charge < -0.3 is 10.2 Å². The molecule has 1 saturated carbocycles. The highest BCUT2D eigenvalue weighted by molar-refractivity contribution is 5.55.